The van der Waals surface area contributed by atoms with Crippen molar-refractivity contribution < 1.29 is 14.6 Å². The maximum atomic E-state index is 10.6. The summed E-state index contributed by atoms with van der Waals surface area (Å²) < 4.78 is 5.24. The number of carbonyl (C=O) groups is 1. The highest BCUT2D eigenvalue weighted by molar-refractivity contribution is 5.87. The number of carboxylic acid groups (broad SMARTS) is 1. The molecular weight excluding hydrogens is 302 g/mol. The molecule has 0 unspecified atom stereocenters. The molecule has 4 heteroatoms. The third kappa shape index (κ3) is 3.43. The van der Waals surface area contributed by atoms with Crippen molar-refractivity contribution in [2.24, 2.45) is 0 Å². The Kier molecular flexibility index (Phi) is 4.06. The van der Waals surface area contributed by atoms with E-state index in [1.165, 1.54) is 5.56 Å². The molecule has 0 amide bonds. The van der Waals surface area contributed by atoms with Crippen LogP contribution in [0, 0.1) is 0 Å². The quantitative estimate of drug-likeness (QED) is 0.738. The van der Waals surface area contributed by atoms with Gasteiger partial charge in [-0.1, -0.05) is 39.0 Å². The van der Waals surface area contributed by atoms with Crippen LogP contribution in [0.3, 0.4) is 0 Å². The number of carboxylic acids is 1. The molecule has 0 fully saturated rings. The van der Waals surface area contributed by atoms with E-state index in [1.54, 1.807) is 6.07 Å². The SMILES string of the molecule is CC(C)(C)c1cccc(-c2cc3cc(OCC(=O)O)ccc3[nH]2)c1. The van der Waals surface area contributed by atoms with Crippen molar-refractivity contribution in [3.8, 4) is 17.0 Å². The summed E-state index contributed by atoms with van der Waals surface area (Å²) in [5.41, 5.74) is 4.54. The lowest BCUT2D eigenvalue weighted by atomic mass is 9.86. The molecule has 0 aliphatic carbocycles. The number of aromatic nitrogens is 1. The van der Waals surface area contributed by atoms with E-state index in [0.717, 1.165) is 22.2 Å². The van der Waals surface area contributed by atoms with Gasteiger partial charge in [0.05, 0.1) is 0 Å². The van der Waals surface area contributed by atoms with E-state index in [9.17, 15) is 4.79 Å². The highest BCUT2D eigenvalue weighted by Gasteiger charge is 2.14. The Morgan fingerprint density at radius 3 is 2.62 bits per heavy atom. The Morgan fingerprint density at radius 1 is 1.12 bits per heavy atom. The third-order valence-electron chi connectivity index (χ3n) is 3.99. The second-order valence-electron chi connectivity index (χ2n) is 6.95. The van der Waals surface area contributed by atoms with E-state index in [2.05, 4.69) is 56.1 Å². The molecule has 0 saturated heterocycles. The van der Waals surface area contributed by atoms with Gasteiger partial charge in [-0.15, -0.1) is 0 Å². The monoisotopic (exact) mass is 323 g/mol. The molecule has 4 nitrogen and oxygen atoms in total. The zero-order valence-corrected chi connectivity index (χ0v) is 14.1. The maximum absolute atomic E-state index is 10.6. The lowest BCUT2D eigenvalue weighted by Crippen LogP contribution is -2.10. The van der Waals surface area contributed by atoms with Crippen molar-refractivity contribution in [1.29, 1.82) is 0 Å². The van der Waals surface area contributed by atoms with Crippen LogP contribution in [0.4, 0.5) is 0 Å². The van der Waals surface area contributed by atoms with Crippen molar-refractivity contribution in [2.45, 2.75) is 26.2 Å². The summed E-state index contributed by atoms with van der Waals surface area (Å²) in [6.07, 6.45) is 0. The van der Waals surface area contributed by atoms with Gasteiger partial charge in [-0.2, -0.15) is 0 Å². The molecule has 0 aliphatic heterocycles. The average Bonchev–Trinajstić information content (AvgIpc) is 2.95. The van der Waals surface area contributed by atoms with Crippen LogP contribution in [0.25, 0.3) is 22.2 Å². The minimum absolute atomic E-state index is 0.0971. The molecule has 2 N–H and O–H groups in total. The summed E-state index contributed by atoms with van der Waals surface area (Å²) in [6.45, 7) is 6.26. The number of ether oxygens (including phenoxy) is 1. The second-order valence-corrected chi connectivity index (χ2v) is 6.95. The van der Waals surface area contributed by atoms with Gasteiger partial charge in [-0.25, -0.2) is 4.79 Å². The molecule has 1 heterocycles. The first-order chi connectivity index (χ1) is 11.3. The topological polar surface area (TPSA) is 62.3 Å². The normalized spacial score (nSPS) is 11.6. The number of hydrogen-bond donors (Lipinski definition) is 2. The number of hydrogen-bond acceptors (Lipinski definition) is 2. The summed E-state index contributed by atoms with van der Waals surface area (Å²) in [7, 11) is 0. The van der Waals surface area contributed by atoms with Gasteiger partial charge in [0.1, 0.15) is 5.75 Å². The lowest BCUT2D eigenvalue weighted by Gasteiger charge is -2.19. The van der Waals surface area contributed by atoms with E-state index in [-0.39, 0.29) is 12.0 Å². The van der Waals surface area contributed by atoms with Crippen LogP contribution in [-0.2, 0) is 10.2 Å². The minimum Gasteiger partial charge on any atom is -0.482 e. The molecule has 3 aromatic rings. The van der Waals surface area contributed by atoms with Crippen LogP contribution in [0.1, 0.15) is 26.3 Å². The molecule has 0 radical (unpaired) electrons. The molecule has 3 rings (SSSR count). The van der Waals surface area contributed by atoms with Crippen LogP contribution in [0.2, 0.25) is 0 Å². The Labute approximate surface area is 141 Å². The molecule has 24 heavy (non-hydrogen) atoms. The van der Waals surface area contributed by atoms with Gasteiger partial charge < -0.3 is 14.8 Å². The van der Waals surface area contributed by atoms with Crippen LogP contribution in [0.5, 0.6) is 5.75 Å². The molecule has 0 atom stereocenters. The van der Waals surface area contributed by atoms with E-state index in [0.29, 0.717) is 5.75 Å². The van der Waals surface area contributed by atoms with Gasteiger partial charge in [-0.05, 0) is 46.9 Å². The zero-order valence-electron chi connectivity index (χ0n) is 14.1. The number of benzene rings is 2. The summed E-state index contributed by atoms with van der Waals surface area (Å²) >= 11 is 0. The van der Waals surface area contributed by atoms with Crippen LogP contribution >= 0.6 is 0 Å². The first kappa shape index (κ1) is 16.1. The summed E-state index contributed by atoms with van der Waals surface area (Å²) in [6, 6.07) is 16.1. The fourth-order valence-corrected chi connectivity index (χ4v) is 2.65. The van der Waals surface area contributed by atoms with Crippen LogP contribution in [-0.4, -0.2) is 22.7 Å². The maximum Gasteiger partial charge on any atom is 0.341 e. The van der Waals surface area contributed by atoms with Crippen molar-refractivity contribution in [3.63, 3.8) is 0 Å². The smallest absolute Gasteiger partial charge is 0.341 e. The lowest BCUT2D eigenvalue weighted by molar-refractivity contribution is -0.139. The van der Waals surface area contributed by atoms with E-state index >= 15 is 0 Å². The van der Waals surface area contributed by atoms with Crippen molar-refractivity contribution in [2.75, 3.05) is 6.61 Å². The predicted molar refractivity (Wildman–Crippen MR) is 95.6 cm³/mol. The fraction of sp³-hybridized carbons (Fsp3) is 0.250. The van der Waals surface area contributed by atoms with Crippen molar-refractivity contribution in [1.82, 2.24) is 4.98 Å². The molecule has 0 spiro atoms. The zero-order chi connectivity index (χ0) is 17.3. The summed E-state index contributed by atoms with van der Waals surface area (Å²) in [5, 5.41) is 9.70. The van der Waals surface area contributed by atoms with Gasteiger partial charge in [-0.3, -0.25) is 0 Å². The molecule has 2 aromatic carbocycles. The van der Waals surface area contributed by atoms with Crippen molar-refractivity contribution in [3.05, 3.63) is 54.1 Å². The van der Waals surface area contributed by atoms with E-state index < -0.39 is 5.97 Å². The Balaban J connectivity index is 1.95. The number of aromatic amines is 1. The Hall–Kier alpha value is -2.75. The van der Waals surface area contributed by atoms with Crippen molar-refractivity contribution >= 4 is 16.9 Å². The largest absolute Gasteiger partial charge is 0.482 e. The van der Waals surface area contributed by atoms with Gasteiger partial charge in [0.2, 0.25) is 0 Å². The summed E-state index contributed by atoms with van der Waals surface area (Å²) in [4.78, 5) is 14.0. The minimum atomic E-state index is -0.983. The second kappa shape index (κ2) is 6.04. The highest BCUT2D eigenvalue weighted by Crippen LogP contribution is 2.30. The third-order valence-corrected chi connectivity index (χ3v) is 3.99. The van der Waals surface area contributed by atoms with Crippen LogP contribution < -0.4 is 4.74 Å². The van der Waals surface area contributed by atoms with Gasteiger partial charge in [0.25, 0.3) is 0 Å². The predicted octanol–water partition coefficient (Wildman–Crippen LogP) is 4.60. The van der Waals surface area contributed by atoms with Gasteiger partial charge in [0.15, 0.2) is 6.61 Å². The first-order valence-electron chi connectivity index (χ1n) is 7.91. The molecule has 0 saturated carbocycles. The van der Waals surface area contributed by atoms with Gasteiger partial charge >= 0.3 is 5.97 Å². The van der Waals surface area contributed by atoms with E-state index in [1.807, 2.05) is 12.1 Å². The molecule has 1 aromatic heterocycles. The average molecular weight is 323 g/mol. The number of H-pyrrole nitrogens is 1. The number of aliphatic carboxylic acids is 1. The number of nitrogens with one attached hydrogen (secondary N) is 1. The van der Waals surface area contributed by atoms with E-state index in [4.69, 9.17) is 9.84 Å². The molecule has 124 valence electrons. The standard InChI is InChI=1S/C20H21NO3/c1-20(2,3)15-6-4-5-13(9-15)18-11-14-10-16(24-12-19(22)23)7-8-17(14)21-18/h4-11,21H,12H2,1-3H3,(H,22,23). The Morgan fingerprint density at radius 2 is 1.92 bits per heavy atom. The summed E-state index contributed by atoms with van der Waals surface area (Å²) in [5.74, 6) is -0.428. The highest BCUT2D eigenvalue weighted by atomic mass is 16.5. The number of rotatable bonds is 4. The first-order valence-corrected chi connectivity index (χ1v) is 7.91. The molecule has 0 bridgehead atoms. The molecule has 0 aliphatic rings. The molecular formula is C20H21NO3. The number of fused-ring (bicyclic) bond motifs is 1. The van der Waals surface area contributed by atoms with Gasteiger partial charge in [0, 0.05) is 16.6 Å². The Bertz CT molecular complexity index is 887. The fourth-order valence-electron chi connectivity index (χ4n) is 2.65. The van der Waals surface area contributed by atoms with Crippen LogP contribution in [0.15, 0.2) is 48.5 Å².